The fourth-order valence-electron chi connectivity index (χ4n) is 3.09. The average molecular weight is 422 g/mol. The van der Waals surface area contributed by atoms with Gasteiger partial charge in [-0.2, -0.15) is 15.6 Å². The smallest absolute Gasteiger partial charge is 0.227 e. The van der Waals surface area contributed by atoms with Crippen LogP contribution < -0.4 is 10.1 Å². The van der Waals surface area contributed by atoms with Crippen LogP contribution >= 0.6 is 0 Å². The van der Waals surface area contributed by atoms with Crippen LogP contribution in [0.5, 0.6) is 5.75 Å². The molecule has 156 valence electrons. The van der Waals surface area contributed by atoms with Crippen LogP contribution in [0.2, 0.25) is 0 Å². The van der Waals surface area contributed by atoms with Crippen LogP contribution in [0.25, 0.3) is 11.1 Å². The molecule has 0 aliphatic rings. The second-order valence-corrected chi connectivity index (χ2v) is 6.95. The van der Waals surface area contributed by atoms with E-state index in [1.165, 1.54) is 6.33 Å². The molecule has 0 spiro atoms. The minimum atomic E-state index is -0.220. The molecule has 0 bridgehead atoms. The number of hydrogen-bond donors (Lipinski definition) is 1. The second-order valence-electron chi connectivity index (χ2n) is 6.95. The summed E-state index contributed by atoms with van der Waals surface area (Å²) in [4.78, 5) is 12.6. The summed E-state index contributed by atoms with van der Waals surface area (Å²) in [6.07, 6.45) is 6.21. The van der Waals surface area contributed by atoms with E-state index in [4.69, 9.17) is 4.74 Å². The van der Waals surface area contributed by atoms with Gasteiger partial charge in [0, 0.05) is 18.0 Å². The molecule has 1 N–H and O–H groups in total. The average Bonchev–Trinajstić information content (AvgIpc) is 3.33. The van der Waals surface area contributed by atoms with Crippen molar-refractivity contribution in [1.29, 1.82) is 10.5 Å². The summed E-state index contributed by atoms with van der Waals surface area (Å²) in [5.74, 6) is 0.853. The molecule has 32 heavy (non-hydrogen) atoms. The van der Waals surface area contributed by atoms with Crippen molar-refractivity contribution in [2.24, 2.45) is 0 Å². The predicted molar refractivity (Wildman–Crippen MR) is 117 cm³/mol. The Labute approximate surface area is 184 Å². The molecule has 0 aliphatic carbocycles. The van der Waals surface area contributed by atoms with E-state index >= 15 is 0 Å². The summed E-state index contributed by atoms with van der Waals surface area (Å²) in [7, 11) is 0. The van der Waals surface area contributed by atoms with Crippen LogP contribution in [0.1, 0.15) is 18.1 Å². The molecule has 9 nitrogen and oxygen atoms in total. The van der Waals surface area contributed by atoms with Crippen molar-refractivity contribution in [3.63, 3.8) is 0 Å². The first-order valence-electron chi connectivity index (χ1n) is 9.78. The van der Waals surface area contributed by atoms with E-state index in [1.807, 2.05) is 19.1 Å². The fourth-order valence-corrected chi connectivity index (χ4v) is 3.09. The molecule has 4 aromatic rings. The van der Waals surface area contributed by atoms with Gasteiger partial charge >= 0.3 is 0 Å². The number of nitrogens with zero attached hydrogens (tertiary/aromatic N) is 7. The minimum absolute atomic E-state index is 0.220. The second kappa shape index (κ2) is 9.37. The number of aromatic nitrogens is 5. The lowest BCUT2D eigenvalue weighted by Crippen LogP contribution is -2.20. The van der Waals surface area contributed by atoms with Crippen molar-refractivity contribution < 1.29 is 4.74 Å². The first-order chi connectivity index (χ1) is 15.7. The summed E-state index contributed by atoms with van der Waals surface area (Å²) in [6.45, 7) is 2.40. The highest BCUT2D eigenvalue weighted by Crippen LogP contribution is 2.28. The zero-order valence-corrected chi connectivity index (χ0v) is 17.2. The monoisotopic (exact) mass is 422 g/mol. The third-order valence-corrected chi connectivity index (χ3v) is 4.62. The van der Waals surface area contributed by atoms with Gasteiger partial charge in [-0.15, -0.1) is 0 Å². The number of benzene rings is 2. The normalized spacial score (nSPS) is 11.2. The van der Waals surface area contributed by atoms with Crippen LogP contribution in [0, 0.1) is 22.7 Å². The van der Waals surface area contributed by atoms with Gasteiger partial charge in [0.05, 0.1) is 23.4 Å². The highest BCUT2D eigenvalue weighted by atomic mass is 16.5. The maximum atomic E-state index is 9.46. The van der Waals surface area contributed by atoms with Gasteiger partial charge in [-0.05, 0) is 36.8 Å². The quantitative estimate of drug-likeness (QED) is 0.478. The molecular formula is C23H18N8O. The fraction of sp³-hybridized carbons (Fsp3) is 0.130. The molecule has 0 fully saturated rings. The summed E-state index contributed by atoms with van der Waals surface area (Å²) in [5.41, 5.74) is 3.16. The van der Waals surface area contributed by atoms with E-state index in [2.05, 4.69) is 37.5 Å². The molecule has 2 aromatic carbocycles. The Hall–Kier alpha value is -4.76. The largest absolute Gasteiger partial charge is 0.487 e. The van der Waals surface area contributed by atoms with Gasteiger partial charge in [-0.25, -0.2) is 19.6 Å². The van der Waals surface area contributed by atoms with E-state index in [9.17, 15) is 10.5 Å². The van der Waals surface area contributed by atoms with Crippen LogP contribution in [-0.2, 0) is 6.54 Å². The third kappa shape index (κ3) is 4.69. The Morgan fingerprint density at radius 3 is 2.53 bits per heavy atom. The standard InChI is InChI=1S/C23H18N8O/c1-16(13-31-15-26-14-29-31)32-22-8-17(6-7-19(22)10-25)20-11-27-23(28-12-20)30-21-5-3-2-4-18(21)9-24/h2-8,11-12,14-16H,13H2,1H3,(H,27,28,30). The molecule has 2 heterocycles. The van der Waals surface area contributed by atoms with E-state index in [1.54, 1.807) is 53.7 Å². The lowest BCUT2D eigenvalue weighted by Gasteiger charge is -2.16. The molecule has 2 aromatic heterocycles. The molecule has 1 atom stereocenters. The van der Waals surface area contributed by atoms with Gasteiger partial charge in [0.2, 0.25) is 5.95 Å². The Bertz CT molecular complexity index is 1290. The molecule has 1 unspecified atom stereocenters. The molecule has 0 amide bonds. The highest BCUT2D eigenvalue weighted by molar-refractivity contribution is 5.67. The topological polar surface area (TPSA) is 125 Å². The minimum Gasteiger partial charge on any atom is -0.487 e. The van der Waals surface area contributed by atoms with Gasteiger partial charge in [0.15, 0.2) is 0 Å². The van der Waals surface area contributed by atoms with Crippen molar-refractivity contribution in [3.05, 3.63) is 78.6 Å². The van der Waals surface area contributed by atoms with Gasteiger partial charge in [0.25, 0.3) is 0 Å². The molecular weight excluding hydrogens is 404 g/mol. The first kappa shape index (κ1) is 20.5. The molecule has 4 rings (SSSR count). The number of ether oxygens (including phenoxy) is 1. The number of rotatable bonds is 7. The van der Waals surface area contributed by atoms with Crippen molar-refractivity contribution in [2.45, 2.75) is 19.6 Å². The van der Waals surface area contributed by atoms with E-state index in [-0.39, 0.29) is 6.10 Å². The summed E-state index contributed by atoms with van der Waals surface area (Å²) < 4.78 is 7.68. The summed E-state index contributed by atoms with van der Waals surface area (Å²) in [6, 6.07) is 16.8. The number of anilines is 2. The maximum absolute atomic E-state index is 9.46. The van der Waals surface area contributed by atoms with Gasteiger partial charge in [-0.3, -0.25) is 0 Å². The molecule has 0 aliphatic heterocycles. The lowest BCUT2D eigenvalue weighted by atomic mass is 10.1. The van der Waals surface area contributed by atoms with Crippen molar-refractivity contribution in [1.82, 2.24) is 24.7 Å². The summed E-state index contributed by atoms with van der Waals surface area (Å²) >= 11 is 0. The Balaban J connectivity index is 1.52. The van der Waals surface area contributed by atoms with Crippen LogP contribution in [0.4, 0.5) is 11.6 Å². The van der Waals surface area contributed by atoms with E-state index in [0.717, 1.165) is 11.1 Å². The van der Waals surface area contributed by atoms with Crippen molar-refractivity contribution >= 4 is 11.6 Å². The number of nitriles is 2. The van der Waals surface area contributed by atoms with Gasteiger partial charge in [-0.1, -0.05) is 18.2 Å². The Kier molecular flexibility index (Phi) is 6.01. The Morgan fingerprint density at radius 1 is 1.03 bits per heavy atom. The number of para-hydroxylation sites is 1. The molecule has 0 saturated heterocycles. The summed E-state index contributed by atoms with van der Waals surface area (Å²) in [5, 5.41) is 25.8. The number of nitrogens with one attached hydrogen (secondary N) is 1. The van der Waals surface area contributed by atoms with E-state index in [0.29, 0.717) is 35.1 Å². The zero-order valence-electron chi connectivity index (χ0n) is 17.2. The van der Waals surface area contributed by atoms with Gasteiger partial charge < -0.3 is 10.1 Å². The molecule has 0 radical (unpaired) electrons. The molecule has 0 saturated carbocycles. The Morgan fingerprint density at radius 2 is 1.81 bits per heavy atom. The van der Waals surface area contributed by atoms with Crippen LogP contribution in [0.15, 0.2) is 67.5 Å². The van der Waals surface area contributed by atoms with Crippen LogP contribution in [0.3, 0.4) is 0 Å². The maximum Gasteiger partial charge on any atom is 0.227 e. The highest BCUT2D eigenvalue weighted by Gasteiger charge is 2.12. The van der Waals surface area contributed by atoms with Crippen LogP contribution in [-0.4, -0.2) is 30.8 Å². The first-order valence-corrected chi connectivity index (χ1v) is 9.78. The lowest BCUT2D eigenvalue weighted by molar-refractivity contribution is 0.193. The predicted octanol–water partition coefficient (Wildman–Crippen LogP) is 3.69. The van der Waals surface area contributed by atoms with Crippen molar-refractivity contribution in [3.8, 4) is 29.0 Å². The van der Waals surface area contributed by atoms with E-state index < -0.39 is 0 Å². The third-order valence-electron chi connectivity index (χ3n) is 4.62. The SMILES string of the molecule is CC(Cn1cncn1)Oc1cc(-c2cnc(Nc3ccccc3C#N)nc2)ccc1C#N. The number of hydrogen-bond acceptors (Lipinski definition) is 8. The molecule has 9 heteroatoms. The van der Waals surface area contributed by atoms with Crippen molar-refractivity contribution in [2.75, 3.05) is 5.32 Å². The van der Waals surface area contributed by atoms with Gasteiger partial charge in [0.1, 0.15) is 36.6 Å². The zero-order chi connectivity index (χ0) is 22.3.